The number of hydrogen-bond donors (Lipinski definition) is 0. The molecule has 0 aliphatic rings. The summed E-state index contributed by atoms with van der Waals surface area (Å²) in [7, 11) is 0. The standard InChI is InChI=1S/C30H18ClFN4O5/c31-21-8-12-26-20(14-21)15-28(41-26)29-34-24-4-2-1-3-23(24)30(37)35(29)33-16-19-7-11-27(25(13-19)36(38)39)40-17-18-5-9-22(32)10-6-18/h1-16H,17H2. The minimum atomic E-state index is -0.577. The van der Waals surface area contributed by atoms with E-state index in [1.165, 1.54) is 42.6 Å². The topological polar surface area (TPSA) is 113 Å². The average Bonchev–Trinajstić information content (AvgIpc) is 3.39. The van der Waals surface area contributed by atoms with Crippen molar-refractivity contribution in [2.75, 3.05) is 0 Å². The Labute approximate surface area is 235 Å². The maximum Gasteiger partial charge on any atom is 0.311 e. The molecule has 0 unspecified atom stereocenters. The molecule has 0 aliphatic heterocycles. The van der Waals surface area contributed by atoms with E-state index in [1.54, 1.807) is 54.6 Å². The number of para-hydroxylation sites is 1. The monoisotopic (exact) mass is 568 g/mol. The van der Waals surface area contributed by atoms with E-state index in [0.29, 0.717) is 32.6 Å². The number of benzene rings is 4. The van der Waals surface area contributed by atoms with Gasteiger partial charge in [-0.25, -0.2) is 9.37 Å². The molecule has 0 fully saturated rings. The molecule has 0 amide bonds. The molecule has 202 valence electrons. The summed E-state index contributed by atoms with van der Waals surface area (Å²) >= 11 is 6.12. The fraction of sp³-hybridized carbons (Fsp3) is 0.0333. The number of rotatable bonds is 7. The van der Waals surface area contributed by atoms with Crippen LogP contribution in [0.15, 0.2) is 105 Å². The van der Waals surface area contributed by atoms with Gasteiger partial charge in [0.05, 0.1) is 22.0 Å². The highest BCUT2D eigenvalue weighted by atomic mass is 35.5. The Morgan fingerprint density at radius 2 is 1.85 bits per heavy atom. The van der Waals surface area contributed by atoms with E-state index >= 15 is 0 Å². The second-order valence-electron chi connectivity index (χ2n) is 9.01. The summed E-state index contributed by atoms with van der Waals surface area (Å²) in [6.45, 7) is 0.0127. The number of ether oxygens (including phenoxy) is 1. The van der Waals surface area contributed by atoms with Crippen molar-refractivity contribution < 1.29 is 18.5 Å². The molecule has 0 saturated heterocycles. The zero-order valence-electron chi connectivity index (χ0n) is 21.0. The van der Waals surface area contributed by atoms with Gasteiger partial charge in [-0.15, -0.1) is 0 Å². The van der Waals surface area contributed by atoms with Crippen LogP contribution in [0.4, 0.5) is 10.1 Å². The quantitative estimate of drug-likeness (QED) is 0.117. The molecule has 0 atom stereocenters. The van der Waals surface area contributed by atoms with Crippen molar-refractivity contribution in [2.24, 2.45) is 5.10 Å². The van der Waals surface area contributed by atoms with Gasteiger partial charge in [0, 0.05) is 22.0 Å². The van der Waals surface area contributed by atoms with Crippen molar-refractivity contribution in [1.82, 2.24) is 9.66 Å². The van der Waals surface area contributed by atoms with Gasteiger partial charge in [-0.1, -0.05) is 35.9 Å². The molecule has 0 aliphatic carbocycles. The highest BCUT2D eigenvalue weighted by Crippen LogP contribution is 2.30. The molecule has 0 radical (unpaired) electrons. The van der Waals surface area contributed by atoms with Gasteiger partial charge in [0.15, 0.2) is 11.5 Å². The normalized spacial score (nSPS) is 11.5. The maximum atomic E-state index is 13.5. The van der Waals surface area contributed by atoms with E-state index in [1.807, 2.05) is 0 Å². The number of aromatic nitrogens is 2. The minimum Gasteiger partial charge on any atom is -0.482 e. The maximum absolute atomic E-state index is 13.5. The van der Waals surface area contributed by atoms with Crippen LogP contribution >= 0.6 is 11.6 Å². The number of nitro benzene ring substituents is 1. The number of fused-ring (bicyclic) bond motifs is 2. The molecule has 4 aromatic carbocycles. The second kappa shape index (κ2) is 10.7. The Morgan fingerprint density at radius 1 is 1.05 bits per heavy atom. The van der Waals surface area contributed by atoms with Gasteiger partial charge in [0.25, 0.3) is 5.56 Å². The first kappa shape index (κ1) is 25.9. The van der Waals surface area contributed by atoms with Crippen LogP contribution in [0.1, 0.15) is 11.1 Å². The van der Waals surface area contributed by atoms with Crippen LogP contribution in [-0.4, -0.2) is 20.8 Å². The zero-order valence-corrected chi connectivity index (χ0v) is 21.8. The van der Waals surface area contributed by atoms with Gasteiger partial charge >= 0.3 is 5.69 Å². The van der Waals surface area contributed by atoms with Gasteiger partial charge in [0.1, 0.15) is 18.0 Å². The third kappa shape index (κ3) is 5.28. The van der Waals surface area contributed by atoms with Crippen LogP contribution in [0.25, 0.3) is 33.5 Å². The van der Waals surface area contributed by atoms with Gasteiger partial charge < -0.3 is 9.15 Å². The summed E-state index contributed by atoms with van der Waals surface area (Å²) in [5.41, 5.74) is 1.25. The van der Waals surface area contributed by atoms with Crippen LogP contribution in [0, 0.1) is 15.9 Å². The van der Waals surface area contributed by atoms with Crippen molar-refractivity contribution in [3.8, 4) is 17.3 Å². The predicted molar refractivity (Wildman–Crippen MR) is 153 cm³/mol. The predicted octanol–water partition coefficient (Wildman–Crippen LogP) is 6.97. The Balaban J connectivity index is 1.38. The summed E-state index contributed by atoms with van der Waals surface area (Å²) in [5.74, 6) is 0.0726. The lowest BCUT2D eigenvalue weighted by atomic mass is 10.2. The van der Waals surface area contributed by atoms with Crippen LogP contribution in [-0.2, 0) is 6.61 Å². The first-order valence-corrected chi connectivity index (χ1v) is 12.6. The summed E-state index contributed by atoms with van der Waals surface area (Å²) in [5, 5.41) is 17.7. The van der Waals surface area contributed by atoms with E-state index in [0.717, 1.165) is 10.1 Å². The van der Waals surface area contributed by atoms with E-state index < -0.39 is 16.3 Å². The molecular weight excluding hydrogens is 551 g/mol. The van der Waals surface area contributed by atoms with E-state index in [-0.39, 0.29) is 29.6 Å². The molecule has 6 rings (SSSR count). The Bertz CT molecular complexity index is 2040. The van der Waals surface area contributed by atoms with E-state index in [2.05, 4.69) is 10.1 Å². The molecular formula is C30H18ClFN4O5. The van der Waals surface area contributed by atoms with Crippen molar-refractivity contribution in [1.29, 1.82) is 0 Å². The molecule has 2 heterocycles. The van der Waals surface area contributed by atoms with Crippen molar-refractivity contribution in [3.63, 3.8) is 0 Å². The van der Waals surface area contributed by atoms with Gasteiger partial charge in [-0.2, -0.15) is 9.78 Å². The number of nitrogens with zero attached hydrogens (tertiary/aromatic N) is 4. The Kier molecular flexibility index (Phi) is 6.74. The molecule has 11 heteroatoms. The molecule has 0 saturated carbocycles. The number of furan rings is 1. The number of nitro groups is 1. The van der Waals surface area contributed by atoms with Crippen LogP contribution < -0.4 is 10.3 Å². The van der Waals surface area contributed by atoms with Crippen LogP contribution in [0.5, 0.6) is 5.75 Å². The third-order valence-electron chi connectivity index (χ3n) is 6.26. The van der Waals surface area contributed by atoms with Crippen molar-refractivity contribution in [2.45, 2.75) is 6.61 Å². The van der Waals surface area contributed by atoms with E-state index in [9.17, 15) is 19.3 Å². The smallest absolute Gasteiger partial charge is 0.311 e. The van der Waals surface area contributed by atoms with E-state index in [4.69, 9.17) is 20.8 Å². The Morgan fingerprint density at radius 3 is 2.66 bits per heavy atom. The third-order valence-corrected chi connectivity index (χ3v) is 6.50. The molecule has 0 bridgehead atoms. The second-order valence-corrected chi connectivity index (χ2v) is 9.44. The molecule has 0 spiro atoms. The summed E-state index contributed by atoms with van der Waals surface area (Å²) in [6.07, 6.45) is 1.32. The number of halogens is 2. The Hall–Kier alpha value is -5.35. The largest absolute Gasteiger partial charge is 0.482 e. The number of hydrogen-bond acceptors (Lipinski definition) is 7. The fourth-order valence-corrected chi connectivity index (χ4v) is 4.44. The van der Waals surface area contributed by atoms with Gasteiger partial charge in [-0.3, -0.25) is 14.9 Å². The van der Waals surface area contributed by atoms with Crippen LogP contribution in [0.3, 0.4) is 0 Å². The van der Waals surface area contributed by atoms with Crippen molar-refractivity contribution >= 4 is 45.4 Å². The summed E-state index contributed by atoms with van der Waals surface area (Å²) in [6, 6.07) is 23.6. The van der Waals surface area contributed by atoms with Crippen molar-refractivity contribution in [3.05, 3.63) is 133 Å². The lowest BCUT2D eigenvalue weighted by Crippen LogP contribution is -2.20. The average molecular weight is 569 g/mol. The molecule has 9 nitrogen and oxygen atoms in total. The molecule has 0 N–H and O–H groups in total. The summed E-state index contributed by atoms with van der Waals surface area (Å²) in [4.78, 5) is 29.3. The lowest BCUT2D eigenvalue weighted by molar-refractivity contribution is -0.385. The van der Waals surface area contributed by atoms with Gasteiger partial charge in [0.2, 0.25) is 5.82 Å². The highest BCUT2D eigenvalue weighted by Gasteiger charge is 2.18. The first-order chi connectivity index (χ1) is 19.9. The lowest BCUT2D eigenvalue weighted by Gasteiger charge is -2.08. The highest BCUT2D eigenvalue weighted by molar-refractivity contribution is 6.31. The van der Waals surface area contributed by atoms with Crippen LogP contribution in [0.2, 0.25) is 5.02 Å². The summed E-state index contributed by atoms with van der Waals surface area (Å²) < 4.78 is 25.8. The SMILES string of the molecule is O=c1c2ccccc2nc(-c2cc3cc(Cl)ccc3o2)n1N=Cc1ccc(OCc2ccc(F)cc2)c([N+](=O)[O-])c1. The zero-order chi connectivity index (χ0) is 28.5. The minimum absolute atomic E-state index is 0.0127. The molecule has 41 heavy (non-hydrogen) atoms. The first-order valence-electron chi connectivity index (χ1n) is 12.3. The molecule has 6 aromatic rings. The molecule has 2 aromatic heterocycles. The fourth-order valence-electron chi connectivity index (χ4n) is 4.26. The van der Waals surface area contributed by atoms with Gasteiger partial charge in [-0.05, 0) is 66.2 Å².